The third-order valence-electron chi connectivity index (χ3n) is 2.77. The number of carbonyl (C=O) groups excluding carboxylic acids is 1. The Morgan fingerprint density at radius 2 is 2.15 bits per heavy atom. The van der Waals surface area contributed by atoms with Gasteiger partial charge in [-0.15, -0.1) is 0 Å². The lowest BCUT2D eigenvalue weighted by atomic mass is 10.0. The quantitative estimate of drug-likeness (QED) is 0.629. The molecule has 0 aromatic heterocycles. The standard InChI is InChI=1S/C13H16N4O3/c1-4-15-13(2,3)12(18)16-11-6-5-10(17(19)20)7-9(11)8-14/h5-7,15H,4H2,1-3H3,(H,16,18). The van der Waals surface area contributed by atoms with E-state index in [1.807, 2.05) is 13.0 Å². The van der Waals surface area contributed by atoms with Gasteiger partial charge in [0, 0.05) is 12.1 Å². The maximum Gasteiger partial charge on any atom is 0.270 e. The smallest absolute Gasteiger partial charge is 0.270 e. The highest BCUT2D eigenvalue weighted by Crippen LogP contribution is 2.22. The molecule has 0 fully saturated rings. The van der Waals surface area contributed by atoms with Gasteiger partial charge in [-0.05, 0) is 26.5 Å². The van der Waals surface area contributed by atoms with E-state index in [0.29, 0.717) is 6.54 Å². The molecule has 0 atom stereocenters. The van der Waals surface area contributed by atoms with Crippen LogP contribution in [0.25, 0.3) is 0 Å². The van der Waals surface area contributed by atoms with E-state index in [1.165, 1.54) is 12.1 Å². The van der Waals surface area contributed by atoms with Gasteiger partial charge < -0.3 is 10.6 Å². The fourth-order valence-electron chi connectivity index (χ4n) is 1.65. The lowest BCUT2D eigenvalue weighted by Gasteiger charge is -2.24. The van der Waals surface area contributed by atoms with Gasteiger partial charge in [0.05, 0.1) is 21.7 Å². The van der Waals surface area contributed by atoms with E-state index < -0.39 is 10.5 Å². The van der Waals surface area contributed by atoms with Crippen molar-refractivity contribution in [2.75, 3.05) is 11.9 Å². The van der Waals surface area contributed by atoms with Crippen molar-refractivity contribution in [1.82, 2.24) is 5.32 Å². The number of amides is 1. The molecule has 1 amide bonds. The second kappa shape index (κ2) is 6.12. The monoisotopic (exact) mass is 276 g/mol. The number of anilines is 1. The highest BCUT2D eigenvalue weighted by molar-refractivity contribution is 5.98. The average molecular weight is 276 g/mol. The first-order valence-corrected chi connectivity index (χ1v) is 6.07. The molecule has 0 bridgehead atoms. The van der Waals surface area contributed by atoms with Gasteiger partial charge in [0.1, 0.15) is 6.07 Å². The molecule has 0 spiro atoms. The van der Waals surface area contributed by atoms with Crippen LogP contribution in [-0.4, -0.2) is 22.9 Å². The van der Waals surface area contributed by atoms with Gasteiger partial charge in [0.15, 0.2) is 0 Å². The number of benzene rings is 1. The van der Waals surface area contributed by atoms with Crippen molar-refractivity contribution < 1.29 is 9.72 Å². The van der Waals surface area contributed by atoms with Crippen LogP contribution in [0, 0.1) is 21.4 Å². The minimum Gasteiger partial charge on any atom is -0.323 e. The molecule has 2 N–H and O–H groups in total. The minimum absolute atomic E-state index is 0.0554. The molecule has 0 aliphatic heterocycles. The van der Waals surface area contributed by atoms with E-state index in [9.17, 15) is 14.9 Å². The summed E-state index contributed by atoms with van der Waals surface area (Å²) in [6.45, 7) is 5.92. The molecule has 106 valence electrons. The van der Waals surface area contributed by atoms with Gasteiger partial charge in [-0.1, -0.05) is 6.92 Å². The summed E-state index contributed by atoms with van der Waals surface area (Å²) in [5, 5.41) is 25.3. The normalized spacial score (nSPS) is 10.7. The highest BCUT2D eigenvalue weighted by atomic mass is 16.6. The number of nitro groups is 1. The predicted molar refractivity (Wildman–Crippen MR) is 74.2 cm³/mol. The summed E-state index contributed by atoms with van der Waals surface area (Å²) in [4.78, 5) is 22.2. The molecule has 0 radical (unpaired) electrons. The molecule has 1 rings (SSSR count). The van der Waals surface area contributed by atoms with Crippen LogP contribution in [-0.2, 0) is 4.79 Å². The van der Waals surface area contributed by atoms with Crippen molar-refractivity contribution in [2.45, 2.75) is 26.3 Å². The van der Waals surface area contributed by atoms with E-state index in [1.54, 1.807) is 13.8 Å². The van der Waals surface area contributed by atoms with Crippen LogP contribution in [0.2, 0.25) is 0 Å². The van der Waals surface area contributed by atoms with Gasteiger partial charge in [0.2, 0.25) is 5.91 Å². The maximum atomic E-state index is 12.1. The zero-order chi connectivity index (χ0) is 15.3. The van der Waals surface area contributed by atoms with Crippen molar-refractivity contribution in [3.05, 3.63) is 33.9 Å². The van der Waals surface area contributed by atoms with Crippen LogP contribution >= 0.6 is 0 Å². The largest absolute Gasteiger partial charge is 0.323 e. The summed E-state index contributed by atoms with van der Waals surface area (Å²) in [7, 11) is 0. The van der Waals surface area contributed by atoms with Gasteiger partial charge >= 0.3 is 0 Å². The first-order valence-electron chi connectivity index (χ1n) is 6.07. The van der Waals surface area contributed by atoms with E-state index in [-0.39, 0.29) is 22.8 Å². The van der Waals surface area contributed by atoms with Gasteiger partial charge in [-0.25, -0.2) is 0 Å². The zero-order valence-electron chi connectivity index (χ0n) is 11.6. The first kappa shape index (κ1) is 15.6. The molecule has 7 nitrogen and oxygen atoms in total. The molecule has 1 aromatic carbocycles. The molecule has 1 aromatic rings. The summed E-state index contributed by atoms with van der Waals surface area (Å²) in [6.07, 6.45) is 0. The number of hydrogen-bond acceptors (Lipinski definition) is 5. The molecular weight excluding hydrogens is 260 g/mol. The highest BCUT2D eigenvalue weighted by Gasteiger charge is 2.27. The van der Waals surface area contributed by atoms with Gasteiger partial charge in [0.25, 0.3) is 5.69 Å². The molecule has 7 heteroatoms. The lowest BCUT2D eigenvalue weighted by Crippen LogP contribution is -2.49. The number of hydrogen-bond donors (Lipinski definition) is 2. The number of nitrogens with zero attached hydrogens (tertiary/aromatic N) is 2. The lowest BCUT2D eigenvalue weighted by molar-refractivity contribution is -0.384. The third kappa shape index (κ3) is 3.52. The Kier molecular flexibility index (Phi) is 4.78. The van der Waals surface area contributed by atoms with Crippen molar-refractivity contribution in [3.63, 3.8) is 0 Å². The second-order valence-electron chi connectivity index (χ2n) is 4.71. The van der Waals surface area contributed by atoms with Crippen molar-refractivity contribution in [2.24, 2.45) is 0 Å². The number of carbonyl (C=O) groups is 1. The summed E-state index contributed by atoms with van der Waals surface area (Å²) < 4.78 is 0. The Labute approximate surface area is 116 Å². The van der Waals surface area contributed by atoms with E-state index in [4.69, 9.17) is 5.26 Å². The summed E-state index contributed by atoms with van der Waals surface area (Å²) >= 11 is 0. The zero-order valence-corrected chi connectivity index (χ0v) is 11.6. The Balaban J connectivity index is 3.02. The van der Waals surface area contributed by atoms with Crippen LogP contribution in [0.15, 0.2) is 18.2 Å². The van der Waals surface area contributed by atoms with Crippen LogP contribution in [0.3, 0.4) is 0 Å². The molecular formula is C13H16N4O3. The number of nitro benzene ring substituents is 1. The van der Waals surface area contributed by atoms with E-state index >= 15 is 0 Å². The fourth-order valence-corrected chi connectivity index (χ4v) is 1.65. The molecule has 20 heavy (non-hydrogen) atoms. The first-order chi connectivity index (χ1) is 9.31. The maximum absolute atomic E-state index is 12.1. The van der Waals surface area contributed by atoms with Crippen LogP contribution in [0.1, 0.15) is 26.3 Å². The fraction of sp³-hybridized carbons (Fsp3) is 0.385. The number of non-ortho nitro benzene ring substituents is 1. The van der Waals surface area contributed by atoms with Crippen LogP contribution in [0.4, 0.5) is 11.4 Å². The van der Waals surface area contributed by atoms with Crippen LogP contribution in [0.5, 0.6) is 0 Å². The minimum atomic E-state index is -0.802. The molecule has 0 heterocycles. The summed E-state index contributed by atoms with van der Waals surface area (Å²) in [5.41, 5.74) is -0.678. The van der Waals surface area contributed by atoms with Crippen LogP contribution < -0.4 is 10.6 Å². The molecule has 0 saturated heterocycles. The van der Waals surface area contributed by atoms with Gasteiger partial charge in [-0.3, -0.25) is 14.9 Å². The van der Waals surface area contributed by atoms with Gasteiger partial charge in [-0.2, -0.15) is 5.26 Å². The third-order valence-corrected chi connectivity index (χ3v) is 2.77. The van der Waals surface area contributed by atoms with E-state index in [0.717, 1.165) is 6.07 Å². The Morgan fingerprint density at radius 3 is 2.65 bits per heavy atom. The summed E-state index contributed by atoms with van der Waals surface area (Å²) in [5.74, 6) is -0.315. The molecule has 0 aliphatic carbocycles. The van der Waals surface area contributed by atoms with Crippen molar-refractivity contribution >= 4 is 17.3 Å². The average Bonchev–Trinajstić information content (AvgIpc) is 2.38. The molecule has 0 saturated carbocycles. The molecule has 0 aliphatic rings. The topological polar surface area (TPSA) is 108 Å². The van der Waals surface area contributed by atoms with Crippen molar-refractivity contribution in [3.8, 4) is 6.07 Å². The number of rotatable bonds is 5. The number of nitriles is 1. The second-order valence-corrected chi connectivity index (χ2v) is 4.71. The van der Waals surface area contributed by atoms with E-state index in [2.05, 4.69) is 10.6 Å². The Bertz CT molecular complexity index is 575. The predicted octanol–water partition coefficient (Wildman–Crippen LogP) is 1.79. The SMILES string of the molecule is CCNC(C)(C)C(=O)Nc1ccc([N+](=O)[O-])cc1C#N. The summed E-state index contributed by atoms with van der Waals surface area (Å²) in [6, 6.07) is 5.58. The number of likely N-dealkylation sites (N-methyl/N-ethyl adjacent to an activating group) is 1. The number of nitrogens with one attached hydrogen (secondary N) is 2. The Morgan fingerprint density at radius 1 is 1.50 bits per heavy atom. The Hall–Kier alpha value is -2.46. The molecule has 0 unspecified atom stereocenters. The van der Waals surface area contributed by atoms with Crippen molar-refractivity contribution in [1.29, 1.82) is 5.26 Å².